The molecule has 4 heteroatoms. The number of amides is 1. The Kier molecular flexibility index (Phi) is 7.46. The molecule has 1 N–H and O–H groups in total. The van der Waals surface area contributed by atoms with Crippen LogP contribution in [0.4, 0.5) is 0 Å². The van der Waals surface area contributed by atoms with Gasteiger partial charge in [0, 0.05) is 38.1 Å². The molecule has 3 nitrogen and oxygen atoms in total. The average molecular weight is 278 g/mol. The van der Waals surface area contributed by atoms with Crippen LogP contribution in [0.2, 0.25) is 0 Å². The molecule has 0 unspecified atom stereocenters. The number of aliphatic hydroxyl groups excluding tert-OH is 1. The number of carbonyl (C=O) groups excluding carboxylic acids is 1. The molecule has 1 spiro atoms. The molecule has 1 amide bonds. The summed E-state index contributed by atoms with van der Waals surface area (Å²) in [6.45, 7) is 7.72. The van der Waals surface area contributed by atoms with Gasteiger partial charge in [-0.15, -0.1) is 0 Å². The summed E-state index contributed by atoms with van der Waals surface area (Å²) in [7, 11) is 0. The van der Waals surface area contributed by atoms with E-state index in [0.29, 0.717) is 11.8 Å². The summed E-state index contributed by atoms with van der Waals surface area (Å²) >= 11 is 0. The molecule has 1 saturated heterocycles. The fourth-order valence-electron chi connectivity index (χ4n) is 2.80. The van der Waals surface area contributed by atoms with Crippen LogP contribution >= 0.6 is 0 Å². The first-order valence-electron chi connectivity index (χ1n) is 6.61. The van der Waals surface area contributed by atoms with Crippen molar-refractivity contribution in [3.63, 3.8) is 0 Å². The molecule has 2 fully saturated rings. The Morgan fingerprint density at radius 2 is 1.76 bits per heavy atom. The van der Waals surface area contributed by atoms with Crippen LogP contribution in [0.25, 0.3) is 0 Å². The first kappa shape index (κ1) is 17.0. The predicted molar refractivity (Wildman–Crippen MR) is 65.1 cm³/mol. The van der Waals surface area contributed by atoms with E-state index in [0.717, 1.165) is 38.8 Å². The molecule has 1 radical (unpaired) electrons. The van der Waals surface area contributed by atoms with Crippen molar-refractivity contribution in [2.45, 2.75) is 59.0 Å². The van der Waals surface area contributed by atoms with Gasteiger partial charge in [0.1, 0.15) is 0 Å². The van der Waals surface area contributed by atoms with Gasteiger partial charge in [-0.1, -0.05) is 20.8 Å². The quantitative estimate of drug-likeness (QED) is 0.798. The second-order valence-corrected chi connectivity index (χ2v) is 4.80. The van der Waals surface area contributed by atoms with Gasteiger partial charge in [-0.2, -0.15) is 0 Å². The van der Waals surface area contributed by atoms with E-state index >= 15 is 0 Å². The van der Waals surface area contributed by atoms with E-state index in [4.69, 9.17) is 0 Å². The minimum absolute atomic E-state index is 0. The number of carbonyl (C=O) groups is 1. The summed E-state index contributed by atoms with van der Waals surface area (Å²) < 4.78 is 0. The van der Waals surface area contributed by atoms with Gasteiger partial charge in [-0.05, 0) is 31.1 Å². The monoisotopic (exact) mass is 278 g/mol. The fraction of sp³-hybridized carbons (Fsp3) is 0.923. The van der Waals surface area contributed by atoms with Crippen molar-refractivity contribution in [1.82, 2.24) is 4.90 Å². The normalized spacial score (nSPS) is 22.0. The number of hydrogen-bond donors (Lipinski definition) is 1. The standard InChI is InChI=1S/C11H19NO2.C2H6.V/c1-2-10(14)12-5-3-11(4-6-12)7-9(13)8-11;1-2;/h9,13H,2-8H2,1H3;1-2H3;. The minimum Gasteiger partial charge on any atom is -0.393 e. The molecule has 2 rings (SSSR count). The Morgan fingerprint density at radius 3 is 2.12 bits per heavy atom. The molecule has 0 aromatic rings. The van der Waals surface area contributed by atoms with Crippen LogP contribution in [-0.2, 0) is 23.4 Å². The molecular formula is C13H25NO2V. The van der Waals surface area contributed by atoms with Crippen molar-refractivity contribution < 1.29 is 28.5 Å². The molecule has 0 aromatic carbocycles. The van der Waals surface area contributed by atoms with Crippen LogP contribution in [-0.4, -0.2) is 35.1 Å². The molecule has 0 bridgehead atoms. The van der Waals surface area contributed by atoms with Gasteiger partial charge in [0.2, 0.25) is 5.91 Å². The number of nitrogens with zero attached hydrogens (tertiary/aromatic N) is 1. The van der Waals surface area contributed by atoms with Gasteiger partial charge in [-0.3, -0.25) is 4.79 Å². The predicted octanol–water partition coefficient (Wildman–Crippen LogP) is 2.18. The summed E-state index contributed by atoms with van der Waals surface area (Å²) in [5.74, 6) is 0.278. The van der Waals surface area contributed by atoms with Crippen LogP contribution in [0.1, 0.15) is 52.9 Å². The van der Waals surface area contributed by atoms with Crippen molar-refractivity contribution >= 4 is 5.91 Å². The first-order valence-corrected chi connectivity index (χ1v) is 6.61. The van der Waals surface area contributed by atoms with E-state index in [1.54, 1.807) is 0 Å². The minimum atomic E-state index is -0.0663. The van der Waals surface area contributed by atoms with E-state index in [2.05, 4.69) is 0 Å². The number of aliphatic hydroxyl groups is 1. The number of rotatable bonds is 1. The van der Waals surface area contributed by atoms with Crippen LogP contribution in [0.3, 0.4) is 0 Å². The SMILES string of the molecule is CC.CCC(=O)N1CCC2(CC1)CC(O)C2.[V]. The molecule has 1 saturated carbocycles. The zero-order valence-corrected chi connectivity index (χ0v) is 12.7. The second kappa shape index (κ2) is 7.45. The van der Waals surface area contributed by atoms with E-state index in [1.807, 2.05) is 25.7 Å². The largest absolute Gasteiger partial charge is 0.393 e. The zero-order chi connectivity index (χ0) is 12.2. The Hall–Kier alpha value is 0.0144. The van der Waals surface area contributed by atoms with Crippen molar-refractivity contribution in [2.24, 2.45) is 5.41 Å². The molecular weight excluding hydrogens is 253 g/mol. The Labute approximate surface area is 117 Å². The van der Waals surface area contributed by atoms with Crippen molar-refractivity contribution in [3.8, 4) is 0 Å². The summed E-state index contributed by atoms with van der Waals surface area (Å²) in [6.07, 6.45) is 4.66. The second-order valence-electron chi connectivity index (χ2n) is 4.80. The Morgan fingerprint density at radius 1 is 1.29 bits per heavy atom. The maximum atomic E-state index is 11.4. The van der Waals surface area contributed by atoms with Gasteiger partial charge in [-0.25, -0.2) is 0 Å². The maximum absolute atomic E-state index is 11.4. The summed E-state index contributed by atoms with van der Waals surface area (Å²) in [6, 6.07) is 0. The Bertz CT molecular complexity index is 230. The van der Waals surface area contributed by atoms with Gasteiger partial charge in [0.25, 0.3) is 0 Å². The van der Waals surface area contributed by atoms with Crippen molar-refractivity contribution in [3.05, 3.63) is 0 Å². The van der Waals surface area contributed by atoms with E-state index in [1.165, 1.54) is 0 Å². The van der Waals surface area contributed by atoms with Gasteiger partial charge >= 0.3 is 0 Å². The smallest absolute Gasteiger partial charge is 0.222 e. The molecule has 1 heterocycles. The fourth-order valence-corrected chi connectivity index (χ4v) is 2.80. The average Bonchev–Trinajstić information content (AvgIpc) is 2.30. The van der Waals surface area contributed by atoms with Crippen LogP contribution in [0.15, 0.2) is 0 Å². The van der Waals surface area contributed by atoms with Gasteiger partial charge < -0.3 is 10.0 Å². The number of piperidine rings is 1. The summed E-state index contributed by atoms with van der Waals surface area (Å²) in [4.78, 5) is 13.4. The molecule has 1 aliphatic carbocycles. The molecule has 0 atom stereocenters. The zero-order valence-electron chi connectivity index (χ0n) is 11.3. The topological polar surface area (TPSA) is 40.5 Å². The third kappa shape index (κ3) is 4.01. The molecule has 2 aliphatic rings. The third-order valence-corrected chi connectivity index (χ3v) is 3.82. The molecule has 0 aromatic heterocycles. The van der Waals surface area contributed by atoms with Gasteiger partial charge in [0.15, 0.2) is 0 Å². The third-order valence-electron chi connectivity index (χ3n) is 3.82. The first-order chi connectivity index (χ1) is 7.65. The van der Waals surface area contributed by atoms with Crippen LogP contribution < -0.4 is 0 Å². The van der Waals surface area contributed by atoms with Crippen molar-refractivity contribution in [1.29, 1.82) is 0 Å². The Balaban J connectivity index is 0.000000811. The van der Waals surface area contributed by atoms with Crippen LogP contribution in [0.5, 0.6) is 0 Å². The molecule has 99 valence electrons. The van der Waals surface area contributed by atoms with Gasteiger partial charge in [0.05, 0.1) is 6.10 Å². The van der Waals surface area contributed by atoms with Crippen LogP contribution in [0, 0.1) is 5.41 Å². The van der Waals surface area contributed by atoms with Crippen molar-refractivity contribution in [2.75, 3.05) is 13.1 Å². The molecule has 17 heavy (non-hydrogen) atoms. The van der Waals surface area contributed by atoms with E-state index < -0.39 is 0 Å². The summed E-state index contributed by atoms with van der Waals surface area (Å²) in [5.41, 5.74) is 0.393. The summed E-state index contributed by atoms with van der Waals surface area (Å²) in [5, 5.41) is 9.31. The maximum Gasteiger partial charge on any atom is 0.222 e. The van der Waals surface area contributed by atoms with E-state index in [-0.39, 0.29) is 30.6 Å². The number of hydrogen-bond acceptors (Lipinski definition) is 2. The molecule has 1 aliphatic heterocycles. The number of likely N-dealkylation sites (tertiary alicyclic amines) is 1. The van der Waals surface area contributed by atoms with E-state index in [9.17, 15) is 9.90 Å².